The molecule has 0 radical (unpaired) electrons. The fourth-order valence-electron chi connectivity index (χ4n) is 4.09. The van der Waals surface area contributed by atoms with Gasteiger partial charge in [-0.3, -0.25) is 4.98 Å². The molecule has 0 spiro atoms. The number of carbonyl (C=O) groups excluding carboxylic acids is 1. The van der Waals surface area contributed by atoms with Gasteiger partial charge in [-0.15, -0.1) is 0 Å². The third-order valence-corrected chi connectivity index (χ3v) is 5.37. The van der Waals surface area contributed by atoms with Gasteiger partial charge in [0.15, 0.2) is 5.82 Å². The molecule has 2 unspecified atom stereocenters. The van der Waals surface area contributed by atoms with Crippen LogP contribution in [0, 0.1) is 18.8 Å². The summed E-state index contributed by atoms with van der Waals surface area (Å²) in [4.78, 5) is 25.6. The molecule has 1 aromatic heterocycles. The van der Waals surface area contributed by atoms with E-state index < -0.39 is 5.60 Å². The maximum Gasteiger partial charge on any atom is 0.410 e. The summed E-state index contributed by atoms with van der Waals surface area (Å²) >= 11 is 0. The highest BCUT2D eigenvalue weighted by atomic mass is 16.6. The fourth-order valence-corrected chi connectivity index (χ4v) is 4.09. The van der Waals surface area contributed by atoms with Gasteiger partial charge in [0.25, 0.3) is 0 Å². The van der Waals surface area contributed by atoms with Gasteiger partial charge in [-0.05, 0) is 45.4 Å². The molecule has 1 N–H and O–H groups in total. The number of amides is 1. The van der Waals surface area contributed by atoms with Crippen LogP contribution >= 0.6 is 0 Å². The summed E-state index contributed by atoms with van der Waals surface area (Å²) in [6.07, 6.45) is 3.35. The molecule has 2 saturated heterocycles. The molecule has 0 bridgehead atoms. The highest BCUT2D eigenvalue weighted by Crippen LogP contribution is 2.34. The van der Waals surface area contributed by atoms with Crippen molar-refractivity contribution in [2.24, 2.45) is 11.8 Å². The molecule has 2 aliphatic heterocycles. The molecule has 4 rings (SSSR count). The molecule has 1 amide bonds. The number of aromatic nitrogens is 2. The molecule has 0 saturated carbocycles. The van der Waals surface area contributed by atoms with Gasteiger partial charge >= 0.3 is 6.09 Å². The number of carbonyl (C=O) groups is 1. The molecule has 0 aliphatic carbocycles. The molecule has 2 aliphatic rings. The Morgan fingerprint density at radius 2 is 1.86 bits per heavy atom. The number of ether oxygens (including phenoxy) is 1. The van der Waals surface area contributed by atoms with E-state index in [2.05, 4.69) is 34.3 Å². The van der Waals surface area contributed by atoms with Crippen molar-refractivity contribution in [1.29, 1.82) is 0 Å². The number of fused-ring (bicyclic) bond motifs is 1. The third-order valence-electron chi connectivity index (χ3n) is 5.37. The van der Waals surface area contributed by atoms with Gasteiger partial charge in [-0.25, -0.2) is 9.78 Å². The van der Waals surface area contributed by atoms with E-state index in [4.69, 9.17) is 9.72 Å². The number of hydrogen-bond donors (Lipinski definition) is 1. The lowest BCUT2D eigenvalue weighted by molar-refractivity contribution is 0.0282. The van der Waals surface area contributed by atoms with Crippen molar-refractivity contribution in [3.8, 4) is 0 Å². The first-order valence-electron chi connectivity index (χ1n) is 10.2. The second-order valence-corrected chi connectivity index (χ2v) is 9.07. The van der Waals surface area contributed by atoms with Crippen LogP contribution in [0.15, 0.2) is 36.7 Å². The Bertz CT molecular complexity index is 881. The van der Waals surface area contributed by atoms with E-state index in [0.29, 0.717) is 11.8 Å². The number of aryl methyl sites for hydroxylation is 1. The van der Waals surface area contributed by atoms with Crippen LogP contribution in [0.25, 0.3) is 0 Å². The normalized spacial score (nSPS) is 21.2. The molecule has 29 heavy (non-hydrogen) atoms. The van der Waals surface area contributed by atoms with Gasteiger partial charge in [0.1, 0.15) is 11.4 Å². The highest BCUT2D eigenvalue weighted by molar-refractivity contribution is 5.68. The SMILES string of the molecule is Cc1cccc(Nc2cncc(N3CC4CN(C(=O)OC(C)(C)C)CC4C3)n2)c1. The van der Waals surface area contributed by atoms with Crippen LogP contribution in [0.1, 0.15) is 26.3 Å². The molecule has 2 atom stereocenters. The van der Waals surface area contributed by atoms with Crippen LogP contribution in [0.4, 0.5) is 22.1 Å². The van der Waals surface area contributed by atoms with E-state index in [1.807, 2.05) is 44.0 Å². The Kier molecular flexibility index (Phi) is 5.06. The highest BCUT2D eigenvalue weighted by Gasteiger charge is 2.43. The maximum atomic E-state index is 12.3. The van der Waals surface area contributed by atoms with Gasteiger partial charge < -0.3 is 19.9 Å². The Balaban J connectivity index is 1.38. The molecule has 2 aromatic rings. The molecule has 7 heteroatoms. The minimum absolute atomic E-state index is 0.206. The minimum atomic E-state index is -0.457. The summed E-state index contributed by atoms with van der Waals surface area (Å²) in [5.74, 6) is 2.50. The van der Waals surface area contributed by atoms with Crippen molar-refractivity contribution in [1.82, 2.24) is 14.9 Å². The van der Waals surface area contributed by atoms with E-state index in [-0.39, 0.29) is 6.09 Å². The fraction of sp³-hybridized carbons (Fsp3) is 0.500. The summed E-state index contributed by atoms with van der Waals surface area (Å²) in [6.45, 7) is 11.0. The Morgan fingerprint density at radius 3 is 2.52 bits per heavy atom. The van der Waals surface area contributed by atoms with Crippen LogP contribution < -0.4 is 10.2 Å². The second kappa shape index (κ2) is 7.54. The second-order valence-electron chi connectivity index (χ2n) is 9.07. The zero-order valence-electron chi connectivity index (χ0n) is 17.6. The quantitative estimate of drug-likeness (QED) is 0.852. The lowest BCUT2D eigenvalue weighted by atomic mass is 10.0. The average molecular weight is 396 g/mol. The van der Waals surface area contributed by atoms with E-state index in [0.717, 1.165) is 43.5 Å². The predicted molar refractivity (Wildman–Crippen MR) is 113 cm³/mol. The topological polar surface area (TPSA) is 70.6 Å². The molecule has 1 aromatic carbocycles. The van der Waals surface area contributed by atoms with Crippen molar-refractivity contribution in [3.05, 3.63) is 42.2 Å². The number of likely N-dealkylation sites (tertiary alicyclic amines) is 1. The number of anilines is 3. The number of nitrogens with zero attached hydrogens (tertiary/aromatic N) is 4. The van der Waals surface area contributed by atoms with Gasteiger partial charge in [0, 0.05) is 43.7 Å². The molecule has 2 fully saturated rings. The monoisotopic (exact) mass is 395 g/mol. The largest absolute Gasteiger partial charge is 0.444 e. The van der Waals surface area contributed by atoms with Crippen LogP contribution in [0.5, 0.6) is 0 Å². The predicted octanol–water partition coefficient (Wildman–Crippen LogP) is 3.83. The molecule has 154 valence electrons. The summed E-state index contributed by atoms with van der Waals surface area (Å²) in [6, 6.07) is 8.19. The number of rotatable bonds is 3. The summed E-state index contributed by atoms with van der Waals surface area (Å²) in [5.41, 5.74) is 1.74. The molecular formula is C22H29N5O2. The maximum absolute atomic E-state index is 12.3. The number of nitrogens with one attached hydrogen (secondary N) is 1. The molecular weight excluding hydrogens is 366 g/mol. The first-order valence-corrected chi connectivity index (χ1v) is 10.2. The first kappa shape index (κ1) is 19.5. The van der Waals surface area contributed by atoms with E-state index in [1.54, 1.807) is 6.20 Å². The van der Waals surface area contributed by atoms with Gasteiger partial charge in [0.2, 0.25) is 0 Å². The third kappa shape index (κ3) is 4.60. The minimum Gasteiger partial charge on any atom is -0.444 e. The van der Waals surface area contributed by atoms with Crippen molar-refractivity contribution in [2.45, 2.75) is 33.3 Å². The Labute approximate surface area is 172 Å². The van der Waals surface area contributed by atoms with E-state index in [1.165, 1.54) is 5.56 Å². The zero-order valence-corrected chi connectivity index (χ0v) is 17.6. The van der Waals surface area contributed by atoms with Crippen molar-refractivity contribution in [3.63, 3.8) is 0 Å². The lowest BCUT2D eigenvalue weighted by Crippen LogP contribution is -2.37. The lowest BCUT2D eigenvalue weighted by Gasteiger charge is -2.26. The van der Waals surface area contributed by atoms with Gasteiger partial charge in [-0.2, -0.15) is 0 Å². The van der Waals surface area contributed by atoms with Crippen LogP contribution in [-0.4, -0.2) is 52.7 Å². The summed E-state index contributed by atoms with van der Waals surface area (Å²) < 4.78 is 5.52. The zero-order chi connectivity index (χ0) is 20.6. The number of benzene rings is 1. The standard InChI is InChI=1S/C22H29N5O2/c1-15-6-5-7-18(8-15)24-19-9-23-10-20(25-19)26-11-16-13-27(14-17(16)12-26)21(28)29-22(2,3)4/h5-10,16-17H,11-14H2,1-4H3,(H,24,25). The Hall–Kier alpha value is -2.83. The van der Waals surface area contributed by atoms with Crippen molar-refractivity contribution < 1.29 is 9.53 Å². The van der Waals surface area contributed by atoms with Crippen LogP contribution in [-0.2, 0) is 4.74 Å². The van der Waals surface area contributed by atoms with Crippen LogP contribution in [0.2, 0.25) is 0 Å². The average Bonchev–Trinajstić information content (AvgIpc) is 3.20. The smallest absolute Gasteiger partial charge is 0.410 e. The molecule has 3 heterocycles. The van der Waals surface area contributed by atoms with Crippen molar-refractivity contribution in [2.75, 3.05) is 36.4 Å². The van der Waals surface area contributed by atoms with Gasteiger partial charge in [0.05, 0.1) is 12.4 Å². The number of hydrogen-bond acceptors (Lipinski definition) is 6. The van der Waals surface area contributed by atoms with E-state index >= 15 is 0 Å². The van der Waals surface area contributed by atoms with Crippen LogP contribution in [0.3, 0.4) is 0 Å². The summed E-state index contributed by atoms with van der Waals surface area (Å²) in [5, 5.41) is 3.33. The Morgan fingerprint density at radius 1 is 1.14 bits per heavy atom. The molecule has 7 nitrogen and oxygen atoms in total. The first-order chi connectivity index (χ1) is 13.8. The van der Waals surface area contributed by atoms with E-state index in [9.17, 15) is 4.79 Å². The summed E-state index contributed by atoms with van der Waals surface area (Å²) in [7, 11) is 0. The van der Waals surface area contributed by atoms with Gasteiger partial charge in [-0.1, -0.05) is 12.1 Å². The van der Waals surface area contributed by atoms with Crippen molar-refractivity contribution >= 4 is 23.4 Å².